The van der Waals surface area contributed by atoms with Crippen LogP contribution < -0.4 is 5.32 Å². The predicted molar refractivity (Wildman–Crippen MR) is 108 cm³/mol. The topological polar surface area (TPSA) is 50.9 Å². The number of benzene rings is 1. The molecule has 6 nitrogen and oxygen atoms in total. The molecule has 3 aromatic rings. The number of anilines is 1. The highest BCUT2D eigenvalue weighted by Gasteiger charge is 2.10. The van der Waals surface area contributed by atoms with Gasteiger partial charge in [-0.05, 0) is 43.3 Å². The van der Waals surface area contributed by atoms with E-state index in [4.69, 9.17) is 12.2 Å². The summed E-state index contributed by atoms with van der Waals surface area (Å²) < 4.78 is 3.89. The summed E-state index contributed by atoms with van der Waals surface area (Å²) in [7, 11) is 1.97. The molecule has 136 valence electrons. The molecule has 0 saturated carbocycles. The van der Waals surface area contributed by atoms with E-state index >= 15 is 0 Å². The van der Waals surface area contributed by atoms with Crippen LogP contribution in [0.15, 0.2) is 48.9 Å². The third kappa shape index (κ3) is 4.29. The second-order valence-electron chi connectivity index (χ2n) is 6.28. The molecule has 0 aliphatic rings. The minimum absolute atomic E-state index is 0.657. The normalized spacial score (nSPS) is 10.7. The summed E-state index contributed by atoms with van der Waals surface area (Å²) in [5.74, 6) is 0. The molecule has 2 aromatic heterocycles. The van der Waals surface area contributed by atoms with Crippen LogP contribution in [-0.4, -0.2) is 36.6 Å². The minimum Gasteiger partial charge on any atom is -0.346 e. The summed E-state index contributed by atoms with van der Waals surface area (Å²) in [4.78, 5) is 2.00. The fraction of sp³-hybridized carbons (Fsp3) is 0.316. The van der Waals surface area contributed by atoms with Crippen LogP contribution in [0.2, 0.25) is 0 Å². The highest BCUT2D eigenvalue weighted by Crippen LogP contribution is 2.12. The van der Waals surface area contributed by atoms with E-state index in [0.29, 0.717) is 11.7 Å². The van der Waals surface area contributed by atoms with Crippen LogP contribution in [0.1, 0.15) is 23.7 Å². The van der Waals surface area contributed by atoms with Crippen molar-refractivity contribution in [1.29, 1.82) is 0 Å². The second kappa shape index (κ2) is 8.14. The molecule has 7 heteroatoms. The van der Waals surface area contributed by atoms with Gasteiger partial charge in [-0.3, -0.25) is 9.36 Å². The molecule has 0 aliphatic carbocycles. The minimum atomic E-state index is 0.657. The van der Waals surface area contributed by atoms with E-state index in [-0.39, 0.29) is 0 Å². The van der Waals surface area contributed by atoms with E-state index in [1.54, 1.807) is 6.20 Å². The summed E-state index contributed by atoms with van der Waals surface area (Å²) in [6.45, 7) is 6.49. The van der Waals surface area contributed by atoms with Gasteiger partial charge < -0.3 is 10.2 Å². The summed E-state index contributed by atoms with van der Waals surface area (Å²) in [6, 6.07) is 10.4. The standard InChI is InChI=1S/C19H24N6S/c1-4-25-18(9-10-20-25)14-23(3)19(26)22-17-11-21-24(13-17)12-16-8-6-5-7-15(16)2/h5-11,13H,4,12,14H2,1-3H3,(H,22,26). The molecule has 3 rings (SSSR count). The van der Waals surface area contributed by atoms with Gasteiger partial charge in [0, 0.05) is 26.0 Å². The van der Waals surface area contributed by atoms with Gasteiger partial charge in [-0.2, -0.15) is 10.2 Å². The molecular weight excluding hydrogens is 344 g/mol. The third-order valence-corrected chi connectivity index (χ3v) is 4.74. The lowest BCUT2D eigenvalue weighted by atomic mass is 10.1. The molecule has 0 radical (unpaired) electrons. The van der Waals surface area contributed by atoms with Gasteiger partial charge in [-0.25, -0.2) is 0 Å². The summed E-state index contributed by atoms with van der Waals surface area (Å²) in [6.07, 6.45) is 5.59. The summed E-state index contributed by atoms with van der Waals surface area (Å²) >= 11 is 5.52. The average molecular weight is 369 g/mol. The molecule has 26 heavy (non-hydrogen) atoms. The van der Waals surface area contributed by atoms with Crippen molar-refractivity contribution >= 4 is 23.0 Å². The van der Waals surface area contributed by atoms with Crippen molar-refractivity contribution < 1.29 is 0 Å². The maximum absolute atomic E-state index is 5.52. The lowest BCUT2D eigenvalue weighted by Gasteiger charge is -2.20. The van der Waals surface area contributed by atoms with Crippen molar-refractivity contribution in [3.05, 3.63) is 65.7 Å². The zero-order chi connectivity index (χ0) is 18.5. The smallest absolute Gasteiger partial charge is 0.173 e. The van der Waals surface area contributed by atoms with E-state index in [0.717, 1.165) is 24.5 Å². The molecule has 0 saturated heterocycles. The van der Waals surface area contributed by atoms with Gasteiger partial charge in [0.1, 0.15) is 0 Å². The SMILES string of the molecule is CCn1nccc1CN(C)C(=S)Nc1cnn(Cc2ccccc2C)c1. The number of thiocarbonyl (C=S) groups is 1. The molecule has 1 N–H and O–H groups in total. The van der Waals surface area contributed by atoms with Crippen LogP contribution in [-0.2, 0) is 19.6 Å². The molecule has 2 heterocycles. The third-order valence-electron chi connectivity index (χ3n) is 4.33. The summed E-state index contributed by atoms with van der Waals surface area (Å²) in [5, 5.41) is 12.6. The average Bonchev–Trinajstić information content (AvgIpc) is 3.26. The van der Waals surface area contributed by atoms with Crippen molar-refractivity contribution in [2.75, 3.05) is 12.4 Å². The Morgan fingerprint density at radius 3 is 2.81 bits per heavy atom. The Bertz CT molecular complexity index is 882. The largest absolute Gasteiger partial charge is 0.346 e. The molecule has 0 unspecified atom stereocenters. The van der Waals surface area contributed by atoms with Gasteiger partial charge in [-0.15, -0.1) is 0 Å². The van der Waals surface area contributed by atoms with Crippen molar-refractivity contribution in [3.63, 3.8) is 0 Å². The van der Waals surface area contributed by atoms with Gasteiger partial charge in [-0.1, -0.05) is 24.3 Å². The Morgan fingerprint density at radius 1 is 1.23 bits per heavy atom. The molecule has 0 amide bonds. The quantitative estimate of drug-likeness (QED) is 0.677. The zero-order valence-electron chi connectivity index (χ0n) is 15.4. The van der Waals surface area contributed by atoms with Crippen molar-refractivity contribution in [1.82, 2.24) is 24.5 Å². The Labute approximate surface area is 159 Å². The molecule has 0 spiro atoms. The molecule has 0 bridgehead atoms. The van der Waals surface area contributed by atoms with E-state index in [9.17, 15) is 0 Å². The fourth-order valence-corrected chi connectivity index (χ4v) is 2.97. The highest BCUT2D eigenvalue weighted by molar-refractivity contribution is 7.80. The van der Waals surface area contributed by atoms with Crippen LogP contribution in [0.3, 0.4) is 0 Å². The van der Waals surface area contributed by atoms with Crippen molar-refractivity contribution in [2.45, 2.75) is 33.5 Å². The number of nitrogens with zero attached hydrogens (tertiary/aromatic N) is 5. The zero-order valence-corrected chi connectivity index (χ0v) is 16.2. The van der Waals surface area contributed by atoms with Gasteiger partial charge in [0.15, 0.2) is 5.11 Å². The number of nitrogens with one attached hydrogen (secondary N) is 1. The second-order valence-corrected chi connectivity index (χ2v) is 6.66. The van der Waals surface area contributed by atoms with E-state index in [1.165, 1.54) is 11.1 Å². The number of hydrogen-bond acceptors (Lipinski definition) is 3. The van der Waals surface area contributed by atoms with E-state index in [2.05, 4.69) is 47.6 Å². The Kier molecular flexibility index (Phi) is 5.68. The maximum atomic E-state index is 5.52. The number of aryl methyl sites for hydroxylation is 2. The Balaban J connectivity index is 1.59. The van der Waals surface area contributed by atoms with Crippen LogP contribution in [0.25, 0.3) is 0 Å². The lowest BCUT2D eigenvalue weighted by molar-refractivity contribution is 0.471. The predicted octanol–water partition coefficient (Wildman–Crippen LogP) is 3.29. The van der Waals surface area contributed by atoms with Crippen molar-refractivity contribution in [3.8, 4) is 0 Å². The van der Waals surface area contributed by atoms with Crippen LogP contribution in [0.5, 0.6) is 0 Å². The first-order chi connectivity index (χ1) is 12.6. The first-order valence-corrected chi connectivity index (χ1v) is 9.07. The molecule has 0 fully saturated rings. The number of aromatic nitrogens is 4. The van der Waals surface area contributed by atoms with Crippen LogP contribution in [0.4, 0.5) is 5.69 Å². The lowest BCUT2D eigenvalue weighted by Crippen LogP contribution is -2.31. The van der Waals surface area contributed by atoms with Crippen molar-refractivity contribution in [2.24, 2.45) is 0 Å². The van der Waals surface area contributed by atoms with Crippen LogP contribution in [0, 0.1) is 6.92 Å². The number of hydrogen-bond donors (Lipinski definition) is 1. The maximum Gasteiger partial charge on any atom is 0.173 e. The molecular formula is C19H24N6S. The first-order valence-electron chi connectivity index (χ1n) is 8.66. The first kappa shape index (κ1) is 18.1. The summed E-state index contributed by atoms with van der Waals surface area (Å²) in [5.41, 5.74) is 4.55. The van der Waals surface area contributed by atoms with Gasteiger partial charge in [0.25, 0.3) is 0 Å². The van der Waals surface area contributed by atoms with Gasteiger partial charge in [0.2, 0.25) is 0 Å². The van der Waals surface area contributed by atoms with E-state index < -0.39 is 0 Å². The van der Waals surface area contributed by atoms with Gasteiger partial charge >= 0.3 is 0 Å². The fourth-order valence-electron chi connectivity index (χ4n) is 2.79. The number of rotatable bonds is 6. The Hall–Kier alpha value is -2.67. The monoisotopic (exact) mass is 368 g/mol. The van der Waals surface area contributed by atoms with E-state index in [1.807, 2.05) is 45.8 Å². The van der Waals surface area contributed by atoms with Crippen LogP contribution >= 0.6 is 12.2 Å². The Morgan fingerprint density at radius 2 is 2.04 bits per heavy atom. The van der Waals surface area contributed by atoms with Gasteiger partial charge in [0.05, 0.1) is 30.7 Å². The highest BCUT2D eigenvalue weighted by atomic mass is 32.1. The molecule has 0 aliphatic heterocycles. The molecule has 1 aromatic carbocycles. The molecule has 0 atom stereocenters.